The van der Waals surface area contributed by atoms with E-state index in [9.17, 15) is 14.7 Å². The van der Waals surface area contributed by atoms with Crippen LogP contribution in [0.1, 0.15) is 39.8 Å². The maximum absolute atomic E-state index is 12.6. The van der Waals surface area contributed by atoms with Crippen molar-refractivity contribution < 1.29 is 19.4 Å². The van der Waals surface area contributed by atoms with Crippen LogP contribution in [0, 0.1) is 0 Å². The van der Waals surface area contributed by atoms with E-state index in [2.05, 4.69) is 14.8 Å². The van der Waals surface area contributed by atoms with Crippen molar-refractivity contribution >= 4 is 22.7 Å². The van der Waals surface area contributed by atoms with Gasteiger partial charge in [-0.15, -0.1) is 0 Å². The molecular formula is C27H32N4O4. The Kier molecular flexibility index (Phi) is 7.45. The van der Waals surface area contributed by atoms with Crippen LogP contribution in [0.4, 0.5) is 0 Å². The first-order chi connectivity index (χ1) is 16.5. The van der Waals surface area contributed by atoms with Crippen LogP contribution in [0.25, 0.3) is 10.9 Å². The molecule has 2 aliphatic rings. The average Bonchev–Trinajstić information content (AvgIpc) is 3.12. The smallest absolute Gasteiger partial charge is 0.261 e. The summed E-state index contributed by atoms with van der Waals surface area (Å²) in [6.45, 7) is 4.83. The number of rotatable bonds is 7. The predicted molar refractivity (Wildman–Crippen MR) is 135 cm³/mol. The minimum Gasteiger partial charge on any atom is -0.497 e. The highest BCUT2D eigenvalue weighted by molar-refractivity contribution is 6.21. The highest BCUT2D eigenvalue weighted by atomic mass is 16.5. The zero-order valence-corrected chi connectivity index (χ0v) is 19.2. The van der Waals surface area contributed by atoms with Gasteiger partial charge < -0.3 is 9.84 Å². The van der Waals surface area contributed by atoms with Gasteiger partial charge in [0.2, 0.25) is 0 Å². The van der Waals surface area contributed by atoms with Crippen molar-refractivity contribution in [2.45, 2.75) is 13.5 Å². The number of amides is 2. The number of β-amino-alcohol motifs (C(OH)–C–C–N with tert-alkyl or cyclic N) is 1. The Balaban J connectivity index is 0.00000289. The number of fused-ring (bicyclic) bond motifs is 2. The molecule has 1 atom stereocenters. The molecule has 3 aromatic rings. The van der Waals surface area contributed by atoms with E-state index in [-0.39, 0.29) is 19.2 Å². The van der Waals surface area contributed by atoms with Gasteiger partial charge in [0.1, 0.15) is 5.75 Å². The number of aromatic nitrogens is 1. The minimum absolute atomic E-state index is 0. The van der Waals surface area contributed by atoms with E-state index < -0.39 is 6.10 Å². The molecule has 8 nitrogen and oxygen atoms in total. The number of benzene rings is 2. The third-order valence-corrected chi connectivity index (χ3v) is 6.76. The number of hydrogen-bond donors (Lipinski definition) is 1. The Hall–Kier alpha value is -3.33. The van der Waals surface area contributed by atoms with Crippen molar-refractivity contribution in [2.24, 2.45) is 0 Å². The molecule has 0 aliphatic carbocycles. The van der Waals surface area contributed by atoms with Crippen LogP contribution in [0.3, 0.4) is 0 Å². The SMILES string of the molecule is C.COc1ccc2nccc([C@@H](O)CN3CCN(CCN4C(=O)c5ccccc5C4=O)CC3)c2c1. The van der Waals surface area contributed by atoms with Gasteiger partial charge in [-0.05, 0) is 42.0 Å². The van der Waals surface area contributed by atoms with Crippen LogP contribution < -0.4 is 4.74 Å². The molecule has 1 N–H and O–H groups in total. The molecule has 2 amide bonds. The molecular weight excluding hydrogens is 444 g/mol. The Morgan fingerprint density at radius 1 is 0.943 bits per heavy atom. The van der Waals surface area contributed by atoms with Crippen LogP contribution in [-0.2, 0) is 0 Å². The fourth-order valence-electron chi connectivity index (χ4n) is 4.79. The Morgan fingerprint density at radius 2 is 1.60 bits per heavy atom. The molecule has 35 heavy (non-hydrogen) atoms. The number of piperazine rings is 1. The van der Waals surface area contributed by atoms with Crippen molar-refractivity contribution in [1.29, 1.82) is 0 Å². The number of ether oxygens (including phenoxy) is 1. The van der Waals surface area contributed by atoms with Gasteiger partial charge in [0.15, 0.2) is 0 Å². The van der Waals surface area contributed by atoms with Crippen LogP contribution in [0.5, 0.6) is 5.75 Å². The largest absolute Gasteiger partial charge is 0.497 e. The quantitative estimate of drug-likeness (QED) is 0.525. The monoisotopic (exact) mass is 476 g/mol. The van der Waals surface area contributed by atoms with Gasteiger partial charge in [-0.1, -0.05) is 19.6 Å². The Morgan fingerprint density at radius 3 is 2.26 bits per heavy atom. The molecule has 0 radical (unpaired) electrons. The zero-order chi connectivity index (χ0) is 23.7. The van der Waals surface area contributed by atoms with Gasteiger partial charge >= 0.3 is 0 Å². The van der Waals surface area contributed by atoms with Crippen molar-refractivity contribution in [3.05, 3.63) is 71.4 Å². The first kappa shape index (κ1) is 24.8. The number of aliphatic hydroxyl groups excluding tert-OH is 1. The number of carbonyl (C=O) groups excluding carboxylic acids is 2. The zero-order valence-electron chi connectivity index (χ0n) is 19.2. The lowest BCUT2D eigenvalue weighted by Crippen LogP contribution is -2.49. The van der Waals surface area contributed by atoms with Crippen molar-refractivity contribution in [3.8, 4) is 5.75 Å². The van der Waals surface area contributed by atoms with Gasteiger partial charge in [-0.3, -0.25) is 29.3 Å². The molecule has 8 heteroatoms. The van der Waals surface area contributed by atoms with Crippen molar-refractivity contribution in [3.63, 3.8) is 0 Å². The van der Waals surface area contributed by atoms with E-state index in [0.29, 0.717) is 30.8 Å². The summed E-state index contributed by atoms with van der Waals surface area (Å²) < 4.78 is 5.34. The summed E-state index contributed by atoms with van der Waals surface area (Å²) in [6, 6.07) is 14.5. The normalized spacial score (nSPS) is 17.4. The van der Waals surface area contributed by atoms with Gasteiger partial charge in [0.25, 0.3) is 11.8 Å². The third kappa shape index (κ3) is 4.91. The van der Waals surface area contributed by atoms with Crippen LogP contribution >= 0.6 is 0 Å². The number of hydrogen-bond acceptors (Lipinski definition) is 7. The summed E-state index contributed by atoms with van der Waals surface area (Å²) >= 11 is 0. The maximum atomic E-state index is 12.6. The highest BCUT2D eigenvalue weighted by Gasteiger charge is 2.35. The molecule has 0 spiro atoms. The molecule has 3 heterocycles. The number of methoxy groups -OCH3 is 1. The van der Waals surface area contributed by atoms with Gasteiger partial charge in [0, 0.05) is 57.4 Å². The van der Waals surface area contributed by atoms with Gasteiger partial charge in [-0.25, -0.2) is 0 Å². The summed E-state index contributed by atoms with van der Waals surface area (Å²) in [4.78, 5) is 35.4. The predicted octanol–water partition coefficient (Wildman–Crippen LogP) is 2.83. The maximum Gasteiger partial charge on any atom is 0.261 e. The summed E-state index contributed by atoms with van der Waals surface area (Å²) in [6.07, 6.45) is 1.09. The lowest BCUT2D eigenvalue weighted by atomic mass is 10.0. The standard InChI is InChI=1S/C26H28N4O4.CH4/c1-34-18-6-7-23-22(16-18)19(8-9-27-23)24(31)17-29-12-10-28(11-13-29)14-15-30-25(32)20-4-2-3-5-21(20)26(30)33;/h2-9,16,24,31H,10-15,17H2,1H3;1H4/t24-;/m0./s1. The Bertz CT molecular complexity index is 1190. The van der Waals surface area contributed by atoms with Gasteiger partial charge in [-0.2, -0.15) is 0 Å². The van der Waals surface area contributed by atoms with Crippen LogP contribution in [0.15, 0.2) is 54.7 Å². The molecule has 1 saturated heterocycles. The summed E-state index contributed by atoms with van der Waals surface area (Å²) in [5, 5.41) is 11.9. The number of aliphatic hydroxyl groups is 1. The molecule has 2 aromatic carbocycles. The summed E-state index contributed by atoms with van der Waals surface area (Å²) in [5.41, 5.74) is 2.66. The highest BCUT2D eigenvalue weighted by Crippen LogP contribution is 2.27. The summed E-state index contributed by atoms with van der Waals surface area (Å²) in [7, 11) is 1.63. The van der Waals surface area contributed by atoms with Crippen molar-refractivity contribution in [2.75, 3.05) is 52.9 Å². The first-order valence-corrected chi connectivity index (χ1v) is 11.6. The van der Waals surface area contributed by atoms with E-state index >= 15 is 0 Å². The van der Waals surface area contributed by atoms with Crippen molar-refractivity contribution in [1.82, 2.24) is 19.7 Å². The lowest BCUT2D eigenvalue weighted by Gasteiger charge is -2.36. The number of pyridine rings is 1. The van der Waals surface area contributed by atoms with E-state index in [1.807, 2.05) is 24.3 Å². The van der Waals surface area contributed by atoms with Gasteiger partial charge in [0.05, 0.1) is 29.9 Å². The fourth-order valence-corrected chi connectivity index (χ4v) is 4.79. The molecule has 1 fully saturated rings. The van der Waals surface area contributed by atoms with Crippen LogP contribution in [-0.4, -0.2) is 89.5 Å². The molecule has 2 aliphatic heterocycles. The lowest BCUT2D eigenvalue weighted by molar-refractivity contribution is 0.0564. The number of nitrogens with zero attached hydrogens (tertiary/aromatic N) is 4. The van der Waals surface area contributed by atoms with Crippen LogP contribution in [0.2, 0.25) is 0 Å². The van der Waals surface area contributed by atoms with E-state index in [1.54, 1.807) is 37.6 Å². The van der Waals surface area contributed by atoms with E-state index in [4.69, 9.17) is 4.74 Å². The topological polar surface area (TPSA) is 86.2 Å². The van der Waals surface area contributed by atoms with E-state index in [0.717, 1.165) is 48.4 Å². The summed E-state index contributed by atoms with van der Waals surface area (Å²) in [5.74, 6) is 0.327. The van der Waals surface area contributed by atoms with E-state index in [1.165, 1.54) is 4.90 Å². The second-order valence-electron chi connectivity index (χ2n) is 8.75. The molecule has 0 unspecified atom stereocenters. The first-order valence-electron chi connectivity index (χ1n) is 11.6. The molecule has 184 valence electrons. The third-order valence-electron chi connectivity index (χ3n) is 6.76. The fraction of sp³-hybridized carbons (Fsp3) is 0.370. The molecule has 0 saturated carbocycles. The molecule has 5 rings (SSSR count). The Labute approximate surface area is 205 Å². The average molecular weight is 477 g/mol. The second kappa shape index (κ2) is 10.5. The number of carbonyl (C=O) groups is 2. The second-order valence-corrected chi connectivity index (χ2v) is 8.75. The minimum atomic E-state index is -0.637. The molecule has 1 aromatic heterocycles. The number of imide groups is 1. The molecule has 0 bridgehead atoms.